The van der Waals surface area contributed by atoms with Crippen LogP contribution in [-0.4, -0.2) is 40.8 Å². The van der Waals surface area contributed by atoms with Gasteiger partial charge < -0.3 is 10.2 Å². The highest BCUT2D eigenvalue weighted by Crippen LogP contribution is 2.30. The van der Waals surface area contributed by atoms with Gasteiger partial charge in [-0.3, -0.25) is 9.59 Å². The van der Waals surface area contributed by atoms with Crippen molar-refractivity contribution in [3.63, 3.8) is 0 Å². The third kappa shape index (κ3) is 5.41. The maximum Gasteiger partial charge on any atom is 0.265 e. The van der Waals surface area contributed by atoms with E-state index in [0.29, 0.717) is 36.0 Å². The first-order chi connectivity index (χ1) is 13.9. The number of aromatic nitrogens is 1. The molecule has 156 valence electrons. The molecule has 0 saturated carbocycles. The smallest absolute Gasteiger partial charge is 0.265 e. The molecule has 1 N–H and O–H groups in total. The summed E-state index contributed by atoms with van der Waals surface area (Å²) in [6.07, 6.45) is 3.12. The van der Waals surface area contributed by atoms with Gasteiger partial charge >= 0.3 is 0 Å². The van der Waals surface area contributed by atoms with Crippen LogP contribution in [0.3, 0.4) is 0 Å². The fourth-order valence-corrected chi connectivity index (χ4v) is 4.53. The molecule has 0 radical (unpaired) electrons. The van der Waals surface area contributed by atoms with Gasteiger partial charge in [0.2, 0.25) is 5.91 Å². The van der Waals surface area contributed by atoms with E-state index in [1.807, 2.05) is 18.7 Å². The van der Waals surface area contributed by atoms with Crippen LogP contribution >= 0.6 is 11.3 Å². The second-order valence-corrected chi connectivity index (χ2v) is 8.76. The van der Waals surface area contributed by atoms with Crippen molar-refractivity contribution in [2.24, 2.45) is 5.92 Å². The summed E-state index contributed by atoms with van der Waals surface area (Å²) >= 11 is 1.35. The molecule has 1 aromatic heterocycles. The number of carbonyl (C=O) groups excluding carboxylic acids is 2. The molecule has 0 spiro atoms. The summed E-state index contributed by atoms with van der Waals surface area (Å²) in [6, 6.07) is 6.36. The molecular formula is C22H28FN3O2S. The fraction of sp³-hybridized carbons (Fsp3) is 0.500. The molecule has 29 heavy (non-hydrogen) atoms. The number of nitrogens with zero attached hydrogens (tertiary/aromatic N) is 2. The van der Waals surface area contributed by atoms with Crippen LogP contribution in [-0.2, 0) is 4.79 Å². The number of benzene rings is 1. The second-order valence-electron chi connectivity index (χ2n) is 7.76. The summed E-state index contributed by atoms with van der Waals surface area (Å²) in [6.45, 7) is 7.21. The number of thiazole rings is 1. The molecule has 0 aliphatic carbocycles. The average molecular weight is 418 g/mol. The predicted molar refractivity (Wildman–Crippen MR) is 113 cm³/mol. The molecule has 1 aliphatic heterocycles. The van der Waals surface area contributed by atoms with Gasteiger partial charge in [-0.05, 0) is 63.3 Å². The minimum Gasteiger partial charge on any atom is -0.354 e. The minimum atomic E-state index is -0.293. The van der Waals surface area contributed by atoms with Crippen molar-refractivity contribution in [1.29, 1.82) is 0 Å². The van der Waals surface area contributed by atoms with E-state index >= 15 is 0 Å². The number of likely N-dealkylation sites (tertiary alicyclic amines) is 1. The number of rotatable bonds is 6. The van der Waals surface area contributed by atoms with Crippen molar-refractivity contribution >= 4 is 23.2 Å². The lowest BCUT2D eigenvalue weighted by Gasteiger charge is -2.31. The molecule has 3 rings (SSSR count). The lowest BCUT2D eigenvalue weighted by molar-refractivity contribution is -0.122. The summed E-state index contributed by atoms with van der Waals surface area (Å²) in [5, 5.41) is 3.74. The van der Waals surface area contributed by atoms with Gasteiger partial charge in [0.25, 0.3) is 5.91 Å². The van der Waals surface area contributed by atoms with Crippen LogP contribution in [0.1, 0.15) is 54.9 Å². The monoisotopic (exact) mass is 417 g/mol. The molecule has 1 saturated heterocycles. The number of piperidine rings is 1. The fourth-order valence-electron chi connectivity index (χ4n) is 3.49. The maximum absolute atomic E-state index is 13.1. The Morgan fingerprint density at radius 1 is 1.28 bits per heavy atom. The van der Waals surface area contributed by atoms with E-state index in [1.165, 1.54) is 23.5 Å². The molecule has 2 aromatic rings. The van der Waals surface area contributed by atoms with Crippen molar-refractivity contribution in [3.8, 4) is 10.6 Å². The quantitative estimate of drug-likeness (QED) is 0.757. The van der Waals surface area contributed by atoms with Crippen LogP contribution in [0.15, 0.2) is 24.3 Å². The number of hydrogen-bond donors (Lipinski definition) is 1. The van der Waals surface area contributed by atoms with Gasteiger partial charge in [0.15, 0.2) is 0 Å². The van der Waals surface area contributed by atoms with Crippen LogP contribution in [0, 0.1) is 18.7 Å². The van der Waals surface area contributed by atoms with Gasteiger partial charge in [0.1, 0.15) is 15.7 Å². The van der Waals surface area contributed by atoms with Gasteiger partial charge in [0.05, 0.1) is 5.69 Å². The Bertz CT molecular complexity index is 857. The van der Waals surface area contributed by atoms with Crippen molar-refractivity contribution in [2.45, 2.75) is 52.5 Å². The summed E-state index contributed by atoms with van der Waals surface area (Å²) in [7, 11) is 0. The highest BCUT2D eigenvalue weighted by molar-refractivity contribution is 7.17. The first kappa shape index (κ1) is 21.4. The van der Waals surface area contributed by atoms with Crippen LogP contribution in [0.25, 0.3) is 10.6 Å². The molecule has 1 aromatic carbocycles. The zero-order chi connectivity index (χ0) is 21.0. The van der Waals surface area contributed by atoms with E-state index in [-0.39, 0.29) is 23.7 Å². The highest BCUT2D eigenvalue weighted by Gasteiger charge is 2.27. The molecule has 1 unspecified atom stereocenters. The lowest BCUT2D eigenvalue weighted by Crippen LogP contribution is -2.40. The third-order valence-electron chi connectivity index (χ3n) is 5.48. The van der Waals surface area contributed by atoms with E-state index in [9.17, 15) is 14.0 Å². The SMILES string of the molecule is CCC(C)NC(=O)CC1CCN(C(=O)c2sc(-c3ccc(F)cc3)nc2C)CC1. The minimum absolute atomic E-state index is 0.00383. The zero-order valence-electron chi connectivity index (χ0n) is 17.2. The summed E-state index contributed by atoms with van der Waals surface area (Å²) in [4.78, 5) is 32.1. The predicted octanol–water partition coefficient (Wildman–Crippen LogP) is 4.41. The van der Waals surface area contributed by atoms with Crippen molar-refractivity contribution in [3.05, 3.63) is 40.7 Å². The molecule has 2 amide bonds. The summed E-state index contributed by atoms with van der Waals surface area (Å²) < 4.78 is 13.1. The van der Waals surface area contributed by atoms with E-state index in [1.54, 1.807) is 12.1 Å². The second kappa shape index (κ2) is 9.48. The average Bonchev–Trinajstić information content (AvgIpc) is 3.10. The molecule has 0 bridgehead atoms. The largest absolute Gasteiger partial charge is 0.354 e. The van der Waals surface area contributed by atoms with Crippen molar-refractivity contribution < 1.29 is 14.0 Å². The Morgan fingerprint density at radius 3 is 2.55 bits per heavy atom. The van der Waals surface area contributed by atoms with Gasteiger partial charge in [-0.2, -0.15) is 0 Å². The Labute approximate surface area is 175 Å². The standard InChI is InChI=1S/C22H28FN3O2S/c1-4-14(2)24-19(27)13-16-9-11-26(12-10-16)22(28)20-15(3)25-21(29-20)17-5-7-18(23)8-6-17/h5-8,14,16H,4,9-13H2,1-3H3,(H,24,27). The molecule has 1 atom stereocenters. The number of carbonyl (C=O) groups is 2. The van der Waals surface area contributed by atoms with E-state index in [4.69, 9.17) is 0 Å². The summed E-state index contributed by atoms with van der Waals surface area (Å²) in [5.41, 5.74) is 1.51. The number of halogens is 1. The normalized spacial score (nSPS) is 15.9. The van der Waals surface area contributed by atoms with Crippen LogP contribution in [0.2, 0.25) is 0 Å². The molecule has 2 heterocycles. The number of nitrogens with one attached hydrogen (secondary N) is 1. The Hall–Kier alpha value is -2.28. The Balaban J connectivity index is 1.58. The van der Waals surface area contributed by atoms with Crippen molar-refractivity contribution in [1.82, 2.24) is 15.2 Å². The highest BCUT2D eigenvalue weighted by atomic mass is 32.1. The molecule has 1 aliphatic rings. The molecule has 5 nitrogen and oxygen atoms in total. The van der Waals surface area contributed by atoms with Gasteiger partial charge in [0, 0.05) is 31.1 Å². The lowest BCUT2D eigenvalue weighted by atomic mass is 9.93. The van der Waals surface area contributed by atoms with E-state index in [2.05, 4.69) is 17.2 Å². The zero-order valence-corrected chi connectivity index (χ0v) is 18.0. The number of hydrogen-bond acceptors (Lipinski definition) is 4. The van der Waals surface area contributed by atoms with E-state index in [0.717, 1.165) is 29.8 Å². The third-order valence-corrected chi connectivity index (χ3v) is 6.67. The molecule has 1 fully saturated rings. The topological polar surface area (TPSA) is 62.3 Å². The molecule has 7 heteroatoms. The number of amides is 2. The van der Waals surface area contributed by atoms with Gasteiger partial charge in [-0.25, -0.2) is 9.37 Å². The van der Waals surface area contributed by atoms with Crippen LogP contribution < -0.4 is 5.32 Å². The number of aryl methyl sites for hydroxylation is 1. The maximum atomic E-state index is 13.1. The first-order valence-corrected chi connectivity index (χ1v) is 11.0. The molecular weight excluding hydrogens is 389 g/mol. The first-order valence-electron chi connectivity index (χ1n) is 10.2. The summed E-state index contributed by atoms with van der Waals surface area (Å²) in [5.74, 6) is 0.127. The van der Waals surface area contributed by atoms with Crippen LogP contribution in [0.4, 0.5) is 4.39 Å². The van der Waals surface area contributed by atoms with Gasteiger partial charge in [-0.1, -0.05) is 6.92 Å². The van der Waals surface area contributed by atoms with E-state index < -0.39 is 0 Å². The van der Waals surface area contributed by atoms with Crippen molar-refractivity contribution in [2.75, 3.05) is 13.1 Å². The Kier molecular flexibility index (Phi) is 7.00. The van der Waals surface area contributed by atoms with Gasteiger partial charge in [-0.15, -0.1) is 11.3 Å². The Morgan fingerprint density at radius 2 is 1.93 bits per heavy atom. The van der Waals surface area contributed by atoms with Crippen LogP contribution in [0.5, 0.6) is 0 Å².